The lowest BCUT2D eigenvalue weighted by atomic mass is 10.1. The summed E-state index contributed by atoms with van der Waals surface area (Å²) in [7, 11) is 5.54. The fraction of sp³-hybridized carbons (Fsp3) is 0.500. The number of hydrogen-bond donors (Lipinski definition) is 1. The number of methoxy groups -OCH3 is 1. The van der Waals surface area contributed by atoms with E-state index in [2.05, 4.69) is 5.32 Å². The summed E-state index contributed by atoms with van der Waals surface area (Å²) in [6, 6.07) is 7.41. The molecule has 0 aromatic heterocycles. The Balaban J connectivity index is 2.65. The number of rotatable bonds is 7. The summed E-state index contributed by atoms with van der Waals surface area (Å²) >= 11 is 5.70. The smallest absolute Gasteiger partial charge is 0.251 e. The molecule has 0 heterocycles. The monoisotopic (exact) mass is 284 g/mol. The first-order valence-corrected chi connectivity index (χ1v) is 6.75. The van der Waals surface area contributed by atoms with Crippen LogP contribution in [0.25, 0.3) is 0 Å². The Bertz CT molecular complexity index is 387. The van der Waals surface area contributed by atoms with Gasteiger partial charge in [-0.15, -0.1) is 11.6 Å². The van der Waals surface area contributed by atoms with Crippen molar-refractivity contribution in [2.75, 3.05) is 38.6 Å². The highest BCUT2D eigenvalue weighted by Gasteiger charge is 2.13. The van der Waals surface area contributed by atoms with E-state index in [-0.39, 0.29) is 11.9 Å². The molecule has 1 N–H and O–H groups in total. The molecule has 0 saturated heterocycles. The quantitative estimate of drug-likeness (QED) is 0.780. The third kappa shape index (κ3) is 5.09. The standard InChI is InChI=1S/C14H21ClN2O2/c1-17(2)13-6-4-11(5-7-13)14(18)16-12(8-9-15)10-19-3/h4-7,12H,8-10H2,1-3H3,(H,16,18). The molecule has 1 rings (SSSR count). The molecule has 0 bridgehead atoms. The van der Waals surface area contributed by atoms with E-state index >= 15 is 0 Å². The molecule has 0 fully saturated rings. The molecule has 0 aliphatic carbocycles. The molecule has 1 aromatic rings. The van der Waals surface area contributed by atoms with Crippen molar-refractivity contribution in [2.24, 2.45) is 0 Å². The van der Waals surface area contributed by atoms with Gasteiger partial charge in [0.2, 0.25) is 0 Å². The van der Waals surface area contributed by atoms with E-state index in [0.29, 0.717) is 24.5 Å². The van der Waals surface area contributed by atoms with E-state index < -0.39 is 0 Å². The average Bonchev–Trinajstić information content (AvgIpc) is 2.39. The predicted octanol–water partition coefficient (Wildman–Crippen LogP) is 2.13. The van der Waals surface area contributed by atoms with Crippen molar-refractivity contribution < 1.29 is 9.53 Å². The topological polar surface area (TPSA) is 41.6 Å². The van der Waals surface area contributed by atoms with Crippen LogP contribution in [0.4, 0.5) is 5.69 Å². The number of amides is 1. The molecule has 0 radical (unpaired) electrons. The van der Waals surface area contributed by atoms with Gasteiger partial charge in [-0.3, -0.25) is 4.79 Å². The number of benzene rings is 1. The second-order valence-electron chi connectivity index (χ2n) is 4.54. The number of halogens is 1. The summed E-state index contributed by atoms with van der Waals surface area (Å²) in [5.41, 5.74) is 1.70. The lowest BCUT2D eigenvalue weighted by Crippen LogP contribution is -2.38. The molecule has 0 aliphatic heterocycles. The number of alkyl halides is 1. The molecule has 1 amide bonds. The van der Waals surface area contributed by atoms with E-state index in [9.17, 15) is 4.79 Å². The Morgan fingerprint density at radius 1 is 1.37 bits per heavy atom. The van der Waals surface area contributed by atoms with Crippen LogP contribution in [-0.2, 0) is 4.74 Å². The van der Waals surface area contributed by atoms with Crippen LogP contribution in [0.1, 0.15) is 16.8 Å². The van der Waals surface area contributed by atoms with E-state index in [4.69, 9.17) is 16.3 Å². The molecular formula is C14H21ClN2O2. The highest BCUT2D eigenvalue weighted by Crippen LogP contribution is 2.12. The van der Waals surface area contributed by atoms with Crippen LogP contribution in [0, 0.1) is 0 Å². The minimum absolute atomic E-state index is 0.0523. The van der Waals surface area contributed by atoms with Crippen LogP contribution in [0.2, 0.25) is 0 Å². The number of ether oxygens (including phenoxy) is 1. The SMILES string of the molecule is COCC(CCCl)NC(=O)c1ccc(N(C)C)cc1. The zero-order valence-corrected chi connectivity index (χ0v) is 12.4. The van der Waals surface area contributed by atoms with Gasteiger partial charge in [0.1, 0.15) is 0 Å². The minimum Gasteiger partial charge on any atom is -0.383 e. The van der Waals surface area contributed by atoms with E-state index in [0.717, 1.165) is 5.69 Å². The molecule has 0 saturated carbocycles. The second-order valence-corrected chi connectivity index (χ2v) is 4.92. The maximum atomic E-state index is 12.1. The van der Waals surface area contributed by atoms with E-state index in [1.165, 1.54) is 0 Å². The van der Waals surface area contributed by atoms with Gasteiger partial charge in [0.15, 0.2) is 0 Å². The number of nitrogens with one attached hydrogen (secondary N) is 1. The Kier molecular flexibility index (Phi) is 6.67. The highest BCUT2D eigenvalue weighted by molar-refractivity contribution is 6.17. The summed E-state index contributed by atoms with van der Waals surface area (Å²) in [6.45, 7) is 0.467. The van der Waals surface area contributed by atoms with Crippen LogP contribution >= 0.6 is 11.6 Å². The van der Waals surface area contributed by atoms with Gasteiger partial charge in [-0.25, -0.2) is 0 Å². The van der Waals surface area contributed by atoms with Crippen molar-refractivity contribution in [3.05, 3.63) is 29.8 Å². The van der Waals surface area contributed by atoms with Gasteiger partial charge in [0.05, 0.1) is 12.6 Å². The molecular weight excluding hydrogens is 264 g/mol. The van der Waals surface area contributed by atoms with Crippen LogP contribution in [0.5, 0.6) is 0 Å². The number of hydrogen-bond acceptors (Lipinski definition) is 3. The van der Waals surface area contributed by atoms with Crippen molar-refractivity contribution in [1.29, 1.82) is 0 Å². The number of nitrogens with zero attached hydrogens (tertiary/aromatic N) is 1. The van der Waals surface area contributed by atoms with Crippen LogP contribution < -0.4 is 10.2 Å². The number of anilines is 1. The zero-order chi connectivity index (χ0) is 14.3. The van der Waals surface area contributed by atoms with Gasteiger partial charge in [-0.1, -0.05) is 0 Å². The first-order chi connectivity index (χ1) is 9.08. The Hall–Kier alpha value is -1.26. The Morgan fingerprint density at radius 3 is 2.47 bits per heavy atom. The van der Waals surface area contributed by atoms with Crippen molar-refractivity contribution in [2.45, 2.75) is 12.5 Å². The zero-order valence-electron chi connectivity index (χ0n) is 11.6. The fourth-order valence-corrected chi connectivity index (χ4v) is 1.97. The summed E-state index contributed by atoms with van der Waals surface area (Å²) < 4.78 is 5.06. The molecule has 0 spiro atoms. The lowest BCUT2D eigenvalue weighted by Gasteiger charge is -2.17. The first-order valence-electron chi connectivity index (χ1n) is 6.21. The maximum absolute atomic E-state index is 12.1. The number of carbonyl (C=O) groups is 1. The van der Waals surface area contributed by atoms with Gasteiger partial charge in [-0.2, -0.15) is 0 Å². The molecule has 19 heavy (non-hydrogen) atoms. The third-order valence-corrected chi connectivity index (χ3v) is 3.02. The van der Waals surface area contributed by atoms with Crippen LogP contribution in [0.3, 0.4) is 0 Å². The van der Waals surface area contributed by atoms with E-state index in [1.54, 1.807) is 7.11 Å². The van der Waals surface area contributed by atoms with Gasteiger partial charge >= 0.3 is 0 Å². The van der Waals surface area contributed by atoms with Crippen LogP contribution in [0.15, 0.2) is 24.3 Å². The molecule has 5 heteroatoms. The molecule has 106 valence electrons. The third-order valence-electron chi connectivity index (χ3n) is 2.81. The van der Waals surface area contributed by atoms with Gasteiger partial charge in [0.25, 0.3) is 5.91 Å². The fourth-order valence-electron chi connectivity index (χ4n) is 1.71. The summed E-state index contributed by atoms with van der Waals surface area (Å²) in [5.74, 6) is 0.394. The molecule has 1 unspecified atom stereocenters. The predicted molar refractivity (Wildman–Crippen MR) is 79.2 cm³/mol. The number of carbonyl (C=O) groups excluding carboxylic acids is 1. The van der Waals surface area contributed by atoms with Gasteiger partial charge < -0.3 is 15.0 Å². The van der Waals surface area contributed by atoms with Crippen molar-refractivity contribution in [1.82, 2.24) is 5.32 Å². The largest absolute Gasteiger partial charge is 0.383 e. The molecule has 4 nitrogen and oxygen atoms in total. The van der Waals surface area contributed by atoms with Crippen molar-refractivity contribution in [3.63, 3.8) is 0 Å². The summed E-state index contributed by atoms with van der Waals surface area (Å²) in [6.07, 6.45) is 0.691. The average molecular weight is 285 g/mol. The minimum atomic E-state index is -0.0996. The molecule has 0 aliphatic rings. The van der Waals surface area contributed by atoms with Gasteiger partial charge in [-0.05, 0) is 30.7 Å². The van der Waals surface area contributed by atoms with Crippen molar-refractivity contribution in [3.8, 4) is 0 Å². The maximum Gasteiger partial charge on any atom is 0.251 e. The summed E-state index contributed by atoms with van der Waals surface area (Å²) in [5, 5.41) is 2.92. The van der Waals surface area contributed by atoms with Gasteiger partial charge in [0, 0.05) is 38.3 Å². The highest BCUT2D eigenvalue weighted by atomic mass is 35.5. The van der Waals surface area contributed by atoms with E-state index in [1.807, 2.05) is 43.3 Å². The Morgan fingerprint density at radius 2 is 2.00 bits per heavy atom. The van der Waals surface area contributed by atoms with Crippen LogP contribution in [-0.4, -0.2) is 45.6 Å². The summed E-state index contributed by atoms with van der Waals surface area (Å²) in [4.78, 5) is 14.1. The lowest BCUT2D eigenvalue weighted by molar-refractivity contribution is 0.0895. The Labute approximate surface area is 119 Å². The van der Waals surface area contributed by atoms with Crippen molar-refractivity contribution >= 4 is 23.2 Å². The molecule has 1 atom stereocenters. The second kappa shape index (κ2) is 8.02. The normalized spacial score (nSPS) is 12.0. The molecule has 1 aromatic carbocycles. The first kappa shape index (κ1) is 15.8.